The van der Waals surface area contributed by atoms with Gasteiger partial charge >= 0.3 is 0 Å². The van der Waals surface area contributed by atoms with E-state index in [4.69, 9.17) is 0 Å². The van der Waals surface area contributed by atoms with Gasteiger partial charge in [0.2, 0.25) is 0 Å². The molecule has 16 heavy (non-hydrogen) atoms. The van der Waals surface area contributed by atoms with Gasteiger partial charge in [-0.2, -0.15) is 0 Å². The lowest BCUT2D eigenvalue weighted by atomic mass is 9.93. The van der Waals surface area contributed by atoms with Gasteiger partial charge in [0.15, 0.2) is 0 Å². The minimum absolute atomic E-state index is 0.361. The van der Waals surface area contributed by atoms with E-state index in [1.165, 1.54) is 11.1 Å². The van der Waals surface area contributed by atoms with Crippen molar-refractivity contribution in [1.29, 1.82) is 0 Å². The van der Waals surface area contributed by atoms with Gasteiger partial charge in [-0.15, -0.1) is 6.58 Å². The standard InChI is InChI=1S/C15H19N/c1-3-7-14-10-12(2)11-15(16-14)13-8-5-4-6-9-13/h3-6,8-9,11,14-16H,1,7,10H2,2H3. The zero-order valence-electron chi connectivity index (χ0n) is 9.82. The molecule has 1 nitrogen and oxygen atoms in total. The highest BCUT2D eigenvalue weighted by Gasteiger charge is 2.19. The SMILES string of the molecule is C=CCC1CC(C)=CC(c2ccccc2)N1. The minimum Gasteiger partial charge on any atom is -0.303 e. The topological polar surface area (TPSA) is 12.0 Å². The number of hydrogen-bond acceptors (Lipinski definition) is 1. The second-order valence-electron chi connectivity index (χ2n) is 4.49. The van der Waals surface area contributed by atoms with Gasteiger partial charge in [0.05, 0.1) is 6.04 Å². The summed E-state index contributed by atoms with van der Waals surface area (Å²) in [4.78, 5) is 0. The van der Waals surface area contributed by atoms with Crippen LogP contribution in [-0.4, -0.2) is 6.04 Å². The Morgan fingerprint density at radius 2 is 2.12 bits per heavy atom. The molecule has 2 unspecified atom stereocenters. The Labute approximate surface area is 97.9 Å². The fourth-order valence-electron chi connectivity index (χ4n) is 2.31. The molecular weight excluding hydrogens is 194 g/mol. The summed E-state index contributed by atoms with van der Waals surface area (Å²) in [5.74, 6) is 0. The first-order valence-electron chi connectivity index (χ1n) is 5.89. The second-order valence-corrected chi connectivity index (χ2v) is 4.49. The zero-order valence-corrected chi connectivity index (χ0v) is 9.82. The summed E-state index contributed by atoms with van der Waals surface area (Å²) in [7, 11) is 0. The maximum atomic E-state index is 3.82. The van der Waals surface area contributed by atoms with Crippen LogP contribution in [0.5, 0.6) is 0 Å². The third kappa shape index (κ3) is 2.61. The molecule has 1 aliphatic rings. The lowest BCUT2D eigenvalue weighted by Crippen LogP contribution is -2.35. The Bertz CT molecular complexity index is 378. The van der Waals surface area contributed by atoms with Gasteiger partial charge in [-0.25, -0.2) is 0 Å². The van der Waals surface area contributed by atoms with E-state index in [1.807, 2.05) is 6.08 Å². The van der Waals surface area contributed by atoms with Crippen LogP contribution in [0.2, 0.25) is 0 Å². The van der Waals surface area contributed by atoms with Crippen LogP contribution < -0.4 is 5.32 Å². The number of rotatable bonds is 3. The van der Waals surface area contributed by atoms with Gasteiger partial charge in [0.1, 0.15) is 0 Å². The molecule has 1 heterocycles. The van der Waals surface area contributed by atoms with Crippen molar-refractivity contribution >= 4 is 0 Å². The smallest absolute Gasteiger partial charge is 0.0511 e. The molecule has 0 amide bonds. The summed E-state index contributed by atoms with van der Waals surface area (Å²) in [6.07, 6.45) is 6.50. The van der Waals surface area contributed by atoms with Crippen LogP contribution in [0.1, 0.15) is 31.4 Å². The molecule has 1 N–H and O–H groups in total. The first-order chi connectivity index (χ1) is 7.79. The monoisotopic (exact) mass is 213 g/mol. The maximum Gasteiger partial charge on any atom is 0.0511 e. The van der Waals surface area contributed by atoms with Crippen LogP contribution in [0, 0.1) is 0 Å². The molecule has 0 fully saturated rings. The Morgan fingerprint density at radius 1 is 1.38 bits per heavy atom. The van der Waals surface area contributed by atoms with Gasteiger partial charge in [-0.05, 0) is 25.3 Å². The van der Waals surface area contributed by atoms with Crippen molar-refractivity contribution in [3.05, 3.63) is 60.2 Å². The van der Waals surface area contributed by atoms with E-state index in [0.29, 0.717) is 12.1 Å². The molecule has 2 atom stereocenters. The summed E-state index contributed by atoms with van der Waals surface area (Å²) >= 11 is 0. The van der Waals surface area contributed by atoms with Gasteiger partial charge < -0.3 is 5.32 Å². The fraction of sp³-hybridized carbons (Fsp3) is 0.333. The summed E-state index contributed by atoms with van der Waals surface area (Å²) in [5.41, 5.74) is 2.81. The van der Waals surface area contributed by atoms with E-state index in [9.17, 15) is 0 Å². The largest absolute Gasteiger partial charge is 0.303 e. The van der Waals surface area contributed by atoms with Crippen molar-refractivity contribution in [2.45, 2.75) is 31.8 Å². The molecule has 1 heteroatoms. The number of nitrogens with one attached hydrogen (secondary N) is 1. The normalized spacial score (nSPS) is 24.9. The second kappa shape index (κ2) is 5.13. The van der Waals surface area contributed by atoms with Crippen LogP contribution in [0.3, 0.4) is 0 Å². The molecule has 0 aliphatic carbocycles. The van der Waals surface area contributed by atoms with Crippen LogP contribution >= 0.6 is 0 Å². The fourth-order valence-corrected chi connectivity index (χ4v) is 2.31. The number of benzene rings is 1. The van der Waals surface area contributed by atoms with E-state index in [0.717, 1.165) is 12.8 Å². The quantitative estimate of drug-likeness (QED) is 0.756. The third-order valence-electron chi connectivity index (χ3n) is 3.04. The summed E-state index contributed by atoms with van der Waals surface area (Å²) in [5, 5.41) is 3.65. The first-order valence-corrected chi connectivity index (χ1v) is 5.89. The molecule has 0 saturated heterocycles. The summed E-state index contributed by atoms with van der Waals surface area (Å²) < 4.78 is 0. The average Bonchev–Trinajstić information content (AvgIpc) is 2.30. The van der Waals surface area contributed by atoms with Crippen LogP contribution in [-0.2, 0) is 0 Å². The summed E-state index contributed by atoms with van der Waals surface area (Å²) in [6.45, 7) is 6.03. The van der Waals surface area contributed by atoms with Crippen LogP contribution in [0.25, 0.3) is 0 Å². The Hall–Kier alpha value is -1.34. The lowest BCUT2D eigenvalue weighted by molar-refractivity contribution is 0.451. The van der Waals surface area contributed by atoms with Gasteiger partial charge in [0, 0.05) is 6.04 Å². The van der Waals surface area contributed by atoms with E-state index < -0.39 is 0 Å². The van der Waals surface area contributed by atoms with Crippen molar-refractivity contribution in [3.63, 3.8) is 0 Å². The zero-order chi connectivity index (χ0) is 11.4. The van der Waals surface area contributed by atoms with Crippen molar-refractivity contribution in [1.82, 2.24) is 5.32 Å². The highest BCUT2D eigenvalue weighted by molar-refractivity contribution is 5.26. The molecule has 84 valence electrons. The predicted octanol–water partition coefficient (Wildman–Crippen LogP) is 3.61. The molecule has 1 aromatic rings. The van der Waals surface area contributed by atoms with Crippen molar-refractivity contribution in [2.75, 3.05) is 0 Å². The predicted molar refractivity (Wildman–Crippen MR) is 69.3 cm³/mol. The number of hydrogen-bond donors (Lipinski definition) is 1. The molecule has 0 saturated carbocycles. The third-order valence-corrected chi connectivity index (χ3v) is 3.04. The lowest BCUT2D eigenvalue weighted by Gasteiger charge is -2.29. The Morgan fingerprint density at radius 3 is 2.81 bits per heavy atom. The highest BCUT2D eigenvalue weighted by atomic mass is 15.0. The van der Waals surface area contributed by atoms with Gasteiger partial charge in [-0.1, -0.05) is 48.1 Å². The van der Waals surface area contributed by atoms with Crippen LogP contribution in [0.4, 0.5) is 0 Å². The maximum absolute atomic E-state index is 3.82. The Balaban J connectivity index is 2.16. The minimum atomic E-state index is 0.361. The molecule has 1 aromatic carbocycles. The molecule has 0 aromatic heterocycles. The molecule has 0 radical (unpaired) electrons. The van der Waals surface area contributed by atoms with Crippen molar-refractivity contribution in [2.24, 2.45) is 0 Å². The van der Waals surface area contributed by atoms with Crippen LogP contribution in [0.15, 0.2) is 54.6 Å². The van der Waals surface area contributed by atoms with E-state index in [1.54, 1.807) is 0 Å². The van der Waals surface area contributed by atoms with E-state index in [2.05, 4.69) is 55.2 Å². The summed E-state index contributed by atoms with van der Waals surface area (Å²) in [6, 6.07) is 11.5. The molecule has 0 bridgehead atoms. The van der Waals surface area contributed by atoms with Crippen molar-refractivity contribution < 1.29 is 0 Å². The molecular formula is C15H19N. The molecule has 2 rings (SSSR count). The van der Waals surface area contributed by atoms with E-state index in [-0.39, 0.29) is 0 Å². The van der Waals surface area contributed by atoms with Gasteiger partial charge in [-0.3, -0.25) is 0 Å². The van der Waals surface area contributed by atoms with E-state index >= 15 is 0 Å². The highest BCUT2D eigenvalue weighted by Crippen LogP contribution is 2.25. The van der Waals surface area contributed by atoms with Crippen molar-refractivity contribution in [3.8, 4) is 0 Å². The Kier molecular flexibility index (Phi) is 3.58. The first kappa shape index (κ1) is 11.2. The molecule has 0 spiro atoms. The van der Waals surface area contributed by atoms with Gasteiger partial charge in [0.25, 0.3) is 0 Å². The molecule has 1 aliphatic heterocycles. The average molecular weight is 213 g/mol.